The molecule has 0 spiro atoms. The smallest absolute Gasteiger partial charge is 0.140 e. The highest BCUT2D eigenvalue weighted by Crippen LogP contribution is 2.37. The molecule has 0 aliphatic carbocycles. The van der Waals surface area contributed by atoms with Crippen LogP contribution in [0.3, 0.4) is 0 Å². The third kappa shape index (κ3) is 9.01. The summed E-state index contributed by atoms with van der Waals surface area (Å²) < 4.78 is 30.3. The van der Waals surface area contributed by atoms with Gasteiger partial charge in [0.2, 0.25) is 0 Å². The van der Waals surface area contributed by atoms with Crippen LogP contribution in [0.4, 0.5) is 0 Å². The number of benzene rings is 3. The second kappa shape index (κ2) is 11.9. The van der Waals surface area contributed by atoms with E-state index in [1.54, 1.807) is 0 Å². The van der Waals surface area contributed by atoms with Crippen molar-refractivity contribution in [3.8, 4) is 0 Å². The average molecular weight is 472 g/mol. The second-order valence-electron chi connectivity index (χ2n) is 9.22. The zero-order chi connectivity index (χ0) is 23.7. The van der Waals surface area contributed by atoms with E-state index in [1.165, 1.54) is 0 Å². The van der Waals surface area contributed by atoms with E-state index >= 15 is 0 Å². The first-order valence-corrected chi connectivity index (χ1v) is 12.9. The lowest BCUT2D eigenvalue weighted by Crippen LogP contribution is -2.38. The number of nitrogens with zero attached hydrogens (tertiary/aromatic N) is 1. The van der Waals surface area contributed by atoms with Gasteiger partial charge in [-0.25, -0.2) is 0 Å². The number of hydrogen-bond acceptors (Lipinski definition) is 5. The van der Waals surface area contributed by atoms with Crippen LogP contribution in [-0.4, -0.2) is 57.7 Å². The summed E-state index contributed by atoms with van der Waals surface area (Å²) >= 11 is 0. The van der Waals surface area contributed by atoms with Crippen molar-refractivity contribution in [3.63, 3.8) is 0 Å². The van der Waals surface area contributed by atoms with Gasteiger partial charge in [-0.05, 0) is 21.9 Å². The van der Waals surface area contributed by atoms with E-state index in [2.05, 4.69) is 18.2 Å². The van der Waals surface area contributed by atoms with Crippen molar-refractivity contribution < 1.29 is 27.9 Å². The van der Waals surface area contributed by atoms with Crippen molar-refractivity contribution in [2.45, 2.75) is 19.3 Å². The number of rotatable bonds is 13. The summed E-state index contributed by atoms with van der Waals surface area (Å²) in [5, 5.41) is 2.25. The van der Waals surface area contributed by atoms with Crippen molar-refractivity contribution in [2.75, 3.05) is 47.1 Å². The van der Waals surface area contributed by atoms with Gasteiger partial charge in [0.15, 0.2) is 0 Å². The molecule has 7 heteroatoms. The van der Waals surface area contributed by atoms with Gasteiger partial charge in [0.1, 0.15) is 13.7 Å². The molecule has 6 nitrogen and oxygen atoms in total. The molecule has 0 amide bonds. The molecular formula is C26H34NO5P. The molecule has 3 aromatic carbocycles. The van der Waals surface area contributed by atoms with Crippen LogP contribution in [0.15, 0.2) is 72.8 Å². The van der Waals surface area contributed by atoms with Crippen LogP contribution >= 0.6 is 7.60 Å². The topological polar surface area (TPSA) is 67.8 Å². The molecule has 3 aromatic rings. The maximum atomic E-state index is 12.4. The van der Waals surface area contributed by atoms with E-state index in [9.17, 15) is 9.46 Å². The molecule has 2 unspecified atom stereocenters. The van der Waals surface area contributed by atoms with Gasteiger partial charge in [-0.15, -0.1) is 0 Å². The Morgan fingerprint density at radius 2 is 1.58 bits per heavy atom. The van der Waals surface area contributed by atoms with Crippen molar-refractivity contribution in [3.05, 3.63) is 83.9 Å². The summed E-state index contributed by atoms with van der Waals surface area (Å²) in [6.07, 6.45) is -0.531. The van der Waals surface area contributed by atoms with E-state index in [0.717, 1.165) is 21.9 Å². The molecular weight excluding hydrogens is 437 g/mol. The summed E-state index contributed by atoms with van der Waals surface area (Å²) in [5.74, 6) is 0. The first kappa shape index (κ1) is 25.6. The van der Waals surface area contributed by atoms with Gasteiger partial charge >= 0.3 is 0 Å². The minimum atomic E-state index is -3.97. The summed E-state index contributed by atoms with van der Waals surface area (Å²) in [6.45, 7) is 1.40. The molecule has 0 bridgehead atoms. The summed E-state index contributed by atoms with van der Waals surface area (Å²) in [6, 6.07) is 24.0. The summed E-state index contributed by atoms with van der Waals surface area (Å²) in [5.41, 5.74) is 2.08. The first-order chi connectivity index (χ1) is 15.7. The molecule has 0 N–H and O–H groups in total. The van der Waals surface area contributed by atoms with E-state index in [1.807, 2.05) is 75.7 Å². The Balaban J connectivity index is 1.62. The van der Waals surface area contributed by atoms with Crippen molar-refractivity contribution in [2.24, 2.45) is 0 Å². The Hall–Kier alpha value is -2.05. The molecule has 0 saturated heterocycles. The normalized spacial score (nSPS) is 14.8. The van der Waals surface area contributed by atoms with Crippen LogP contribution in [0.5, 0.6) is 0 Å². The summed E-state index contributed by atoms with van der Waals surface area (Å²) in [7, 11) is 1.89. The number of quaternary nitrogens is 1. The molecule has 178 valence electrons. The van der Waals surface area contributed by atoms with Gasteiger partial charge in [-0.2, -0.15) is 0 Å². The highest BCUT2D eigenvalue weighted by molar-refractivity contribution is 7.51. The Morgan fingerprint density at radius 3 is 2.33 bits per heavy atom. The molecule has 3 rings (SSSR count). The van der Waals surface area contributed by atoms with E-state index in [-0.39, 0.29) is 19.4 Å². The monoisotopic (exact) mass is 471 g/mol. The highest BCUT2D eigenvalue weighted by atomic mass is 31.2. The number of fused-ring (bicyclic) bond motifs is 1. The third-order valence-corrected chi connectivity index (χ3v) is 6.56. The molecule has 0 saturated carbocycles. The van der Waals surface area contributed by atoms with Crippen LogP contribution in [0, 0.1) is 0 Å². The lowest BCUT2D eigenvalue weighted by atomic mass is 10.1. The molecule has 0 aliphatic heterocycles. The van der Waals surface area contributed by atoms with Crippen LogP contribution in [-0.2, 0) is 31.8 Å². The first-order valence-electron chi connectivity index (χ1n) is 11.2. The maximum absolute atomic E-state index is 12.4. The van der Waals surface area contributed by atoms with Gasteiger partial charge in [0, 0.05) is 0 Å². The average Bonchev–Trinajstić information content (AvgIpc) is 2.79. The number of ether oxygens (including phenoxy) is 2. The van der Waals surface area contributed by atoms with E-state index in [0.29, 0.717) is 24.2 Å². The fourth-order valence-corrected chi connectivity index (χ4v) is 4.70. The molecule has 0 heterocycles. The van der Waals surface area contributed by atoms with Crippen molar-refractivity contribution in [1.82, 2.24) is 0 Å². The number of hydrogen-bond donors (Lipinski definition) is 0. The molecule has 0 fully saturated rings. The Bertz CT molecular complexity index is 1050. The van der Waals surface area contributed by atoms with Crippen molar-refractivity contribution >= 4 is 18.4 Å². The van der Waals surface area contributed by atoms with Gasteiger partial charge in [0.25, 0.3) is 0 Å². The van der Waals surface area contributed by atoms with Gasteiger partial charge in [0.05, 0.1) is 60.3 Å². The fourth-order valence-electron chi connectivity index (χ4n) is 3.34. The van der Waals surface area contributed by atoms with Crippen LogP contribution < -0.4 is 4.89 Å². The predicted molar refractivity (Wildman–Crippen MR) is 130 cm³/mol. The second-order valence-corrected chi connectivity index (χ2v) is 11.1. The fraction of sp³-hybridized carbons (Fsp3) is 0.385. The Kier molecular flexibility index (Phi) is 9.21. The van der Waals surface area contributed by atoms with Gasteiger partial charge in [-0.3, -0.25) is 0 Å². The van der Waals surface area contributed by atoms with E-state index in [4.69, 9.17) is 14.0 Å². The van der Waals surface area contributed by atoms with Gasteiger partial charge < -0.3 is 27.9 Å². The standard InChI is InChI=1S/C26H34NO5P/c1-27(2,3)16-17-33(28,29)32-21-25(20-30-18-22-10-5-4-6-11-22)31-19-24-14-9-13-23-12-7-8-15-26(23)24/h4-15,25H,16-21H2,1-3H3. The van der Waals surface area contributed by atoms with E-state index < -0.39 is 13.7 Å². The molecule has 33 heavy (non-hydrogen) atoms. The lowest BCUT2D eigenvalue weighted by molar-refractivity contribution is -0.868. The quantitative estimate of drug-likeness (QED) is 0.276. The Morgan fingerprint density at radius 1 is 0.879 bits per heavy atom. The van der Waals surface area contributed by atoms with Gasteiger partial charge in [-0.1, -0.05) is 72.8 Å². The largest absolute Gasteiger partial charge is 0.778 e. The molecule has 0 aromatic heterocycles. The lowest BCUT2D eigenvalue weighted by Gasteiger charge is -2.30. The summed E-state index contributed by atoms with van der Waals surface area (Å²) in [4.78, 5) is 12.4. The molecule has 0 aliphatic rings. The third-order valence-electron chi connectivity index (χ3n) is 5.27. The SMILES string of the molecule is C[N+](C)(C)CCP(=O)([O-])OCC(COCc1ccccc1)OCc1cccc2ccccc12. The minimum absolute atomic E-state index is 0.0165. The Labute approximate surface area is 196 Å². The zero-order valence-electron chi connectivity index (χ0n) is 19.7. The zero-order valence-corrected chi connectivity index (χ0v) is 20.6. The molecule has 2 atom stereocenters. The highest BCUT2D eigenvalue weighted by Gasteiger charge is 2.19. The van der Waals surface area contributed by atoms with Crippen molar-refractivity contribution in [1.29, 1.82) is 0 Å². The van der Waals surface area contributed by atoms with Crippen LogP contribution in [0.25, 0.3) is 10.8 Å². The van der Waals surface area contributed by atoms with Crippen LogP contribution in [0.1, 0.15) is 11.1 Å². The predicted octanol–water partition coefficient (Wildman–Crippen LogP) is 4.22. The maximum Gasteiger partial charge on any atom is 0.140 e. The molecule has 0 radical (unpaired) electrons. The van der Waals surface area contributed by atoms with Crippen LogP contribution in [0.2, 0.25) is 0 Å². The minimum Gasteiger partial charge on any atom is -0.778 e.